The second kappa shape index (κ2) is 5.28. The molecule has 0 amide bonds. The minimum absolute atomic E-state index is 0.258. The molecule has 0 aliphatic carbocycles. The van der Waals surface area contributed by atoms with Gasteiger partial charge in [-0.15, -0.1) is 0 Å². The van der Waals surface area contributed by atoms with E-state index in [-0.39, 0.29) is 5.75 Å². The summed E-state index contributed by atoms with van der Waals surface area (Å²) < 4.78 is 25.8. The Labute approximate surface area is 109 Å². The van der Waals surface area contributed by atoms with E-state index in [9.17, 15) is 8.42 Å². The van der Waals surface area contributed by atoms with Crippen LogP contribution in [0.3, 0.4) is 0 Å². The van der Waals surface area contributed by atoms with Crippen molar-refractivity contribution in [1.29, 1.82) is 0 Å². The molecule has 18 heavy (non-hydrogen) atoms. The van der Waals surface area contributed by atoms with Crippen molar-refractivity contribution < 1.29 is 8.42 Å². The van der Waals surface area contributed by atoms with Gasteiger partial charge in [-0.25, -0.2) is 8.42 Å². The second-order valence-corrected chi connectivity index (χ2v) is 6.87. The predicted octanol–water partition coefficient (Wildman–Crippen LogP) is 1.76. The molecule has 0 unspecified atom stereocenters. The summed E-state index contributed by atoms with van der Waals surface area (Å²) in [6.45, 7) is 3.06. The molecule has 0 spiro atoms. The predicted molar refractivity (Wildman–Crippen MR) is 73.7 cm³/mol. The van der Waals surface area contributed by atoms with Crippen LogP contribution >= 0.6 is 0 Å². The lowest BCUT2D eigenvalue weighted by Crippen LogP contribution is -2.37. The smallest absolute Gasteiger partial charge is 0.214 e. The Kier molecular flexibility index (Phi) is 3.92. The lowest BCUT2D eigenvalue weighted by Gasteiger charge is -2.28. The van der Waals surface area contributed by atoms with Gasteiger partial charge >= 0.3 is 0 Å². The average Bonchev–Trinajstić information content (AvgIpc) is 2.35. The molecule has 0 aromatic heterocycles. The maximum Gasteiger partial charge on any atom is 0.214 e. The zero-order valence-electron chi connectivity index (χ0n) is 10.7. The SMILES string of the molecule is CCCCS(=O)(=O)N1CCc2cc(N)ccc2C1. The van der Waals surface area contributed by atoms with E-state index >= 15 is 0 Å². The molecule has 4 nitrogen and oxygen atoms in total. The number of hydrogen-bond donors (Lipinski definition) is 1. The van der Waals surface area contributed by atoms with Crippen molar-refractivity contribution in [2.24, 2.45) is 0 Å². The first-order chi connectivity index (χ1) is 8.53. The number of nitrogens with two attached hydrogens (primary N) is 1. The number of nitrogen functional groups attached to an aromatic ring is 1. The highest BCUT2D eigenvalue weighted by Gasteiger charge is 2.25. The molecule has 0 fully saturated rings. The summed E-state index contributed by atoms with van der Waals surface area (Å²) in [4.78, 5) is 0. The summed E-state index contributed by atoms with van der Waals surface area (Å²) in [5.74, 6) is 0.258. The Morgan fingerprint density at radius 1 is 1.33 bits per heavy atom. The lowest BCUT2D eigenvalue weighted by atomic mass is 10.0. The Morgan fingerprint density at radius 3 is 2.83 bits per heavy atom. The van der Waals surface area contributed by atoms with Crippen molar-refractivity contribution in [3.63, 3.8) is 0 Å². The van der Waals surface area contributed by atoms with Gasteiger partial charge in [0.2, 0.25) is 10.0 Å². The van der Waals surface area contributed by atoms with E-state index in [1.807, 2.05) is 25.1 Å². The molecule has 100 valence electrons. The molecule has 0 atom stereocenters. The Hall–Kier alpha value is -1.07. The Balaban J connectivity index is 2.14. The average molecular weight is 268 g/mol. The molecule has 1 aromatic carbocycles. The zero-order valence-corrected chi connectivity index (χ0v) is 11.5. The van der Waals surface area contributed by atoms with Gasteiger partial charge in [0.05, 0.1) is 5.75 Å². The molecule has 0 saturated carbocycles. The van der Waals surface area contributed by atoms with Crippen LogP contribution in [0.5, 0.6) is 0 Å². The van der Waals surface area contributed by atoms with E-state index in [2.05, 4.69) is 0 Å². The van der Waals surface area contributed by atoms with Gasteiger partial charge in [0.25, 0.3) is 0 Å². The highest BCUT2D eigenvalue weighted by atomic mass is 32.2. The third kappa shape index (κ3) is 2.84. The van der Waals surface area contributed by atoms with E-state index in [0.717, 1.165) is 30.5 Å². The molecule has 1 heterocycles. The van der Waals surface area contributed by atoms with E-state index in [4.69, 9.17) is 5.73 Å². The fourth-order valence-electron chi connectivity index (χ4n) is 2.24. The number of nitrogens with zero attached hydrogens (tertiary/aromatic N) is 1. The molecule has 0 bridgehead atoms. The van der Waals surface area contributed by atoms with Crippen LogP contribution in [0.1, 0.15) is 30.9 Å². The molecule has 0 saturated heterocycles. The fourth-order valence-corrected chi connectivity index (χ4v) is 3.86. The van der Waals surface area contributed by atoms with Gasteiger partial charge in [0, 0.05) is 18.8 Å². The molecule has 1 aliphatic heterocycles. The summed E-state index contributed by atoms with van der Waals surface area (Å²) in [5, 5.41) is 0. The van der Waals surface area contributed by atoms with Crippen LogP contribution in [0, 0.1) is 0 Å². The van der Waals surface area contributed by atoms with Crippen LogP contribution in [-0.2, 0) is 23.0 Å². The van der Waals surface area contributed by atoms with Gasteiger partial charge in [-0.1, -0.05) is 19.4 Å². The summed E-state index contributed by atoms with van der Waals surface area (Å²) in [6, 6.07) is 5.72. The van der Waals surface area contributed by atoms with Gasteiger partial charge in [-0.3, -0.25) is 0 Å². The van der Waals surface area contributed by atoms with E-state index in [1.54, 1.807) is 4.31 Å². The molecule has 1 aliphatic rings. The quantitative estimate of drug-likeness (QED) is 0.846. The van der Waals surface area contributed by atoms with Crippen LogP contribution in [0.2, 0.25) is 0 Å². The number of sulfonamides is 1. The van der Waals surface area contributed by atoms with E-state index in [0.29, 0.717) is 13.1 Å². The van der Waals surface area contributed by atoms with Crippen LogP contribution < -0.4 is 5.73 Å². The number of unbranched alkanes of at least 4 members (excludes halogenated alkanes) is 1. The van der Waals surface area contributed by atoms with Crippen molar-refractivity contribution in [2.75, 3.05) is 18.0 Å². The Morgan fingerprint density at radius 2 is 2.11 bits per heavy atom. The maximum atomic E-state index is 12.1. The molecule has 2 N–H and O–H groups in total. The molecule has 0 radical (unpaired) electrons. The fraction of sp³-hybridized carbons (Fsp3) is 0.538. The molecule has 2 rings (SSSR count). The van der Waals surface area contributed by atoms with Crippen molar-refractivity contribution in [3.05, 3.63) is 29.3 Å². The number of benzene rings is 1. The summed E-state index contributed by atoms with van der Waals surface area (Å²) in [5.41, 5.74) is 8.74. The van der Waals surface area contributed by atoms with Gasteiger partial charge in [-0.05, 0) is 36.1 Å². The molecule has 1 aromatic rings. The first-order valence-electron chi connectivity index (χ1n) is 6.38. The highest BCUT2D eigenvalue weighted by Crippen LogP contribution is 2.23. The van der Waals surface area contributed by atoms with Crippen LogP contribution in [0.15, 0.2) is 18.2 Å². The monoisotopic (exact) mass is 268 g/mol. The standard InChI is InChI=1S/C13H20N2O2S/c1-2-3-8-18(16,17)15-7-6-11-9-13(14)5-4-12(11)10-15/h4-5,9H,2-3,6-8,10,14H2,1H3. The van der Waals surface area contributed by atoms with Crippen molar-refractivity contribution >= 4 is 15.7 Å². The first kappa shape index (κ1) is 13.4. The number of fused-ring (bicyclic) bond motifs is 1. The first-order valence-corrected chi connectivity index (χ1v) is 7.99. The molecular weight excluding hydrogens is 248 g/mol. The minimum Gasteiger partial charge on any atom is -0.399 e. The zero-order chi connectivity index (χ0) is 13.2. The Bertz CT molecular complexity index is 526. The third-order valence-electron chi connectivity index (χ3n) is 3.36. The van der Waals surface area contributed by atoms with E-state index < -0.39 is 10.0 Å². The minimum atomic E-state index is -3.10. The van der Waals surface area contributed by atoms with Gasteiger partial charge < -0.3 is 5.73 Å². The molecule has 5 heteroatoms. The molecular formula is C13H20N2O2S. The summed E-state index contributed by atoms with van der Waals surface area (Å²) >= 11 is 0. The van der Waals surface area contributed by atoms with Crippen molar-refractivity contribution in [1.82, 2.24) is 4.31 Å². The van der Waals surface area contributed by atoms with Crippen molar-refractivity contribution in [3.8, 4) is 0 Å². The van der Waals surface area contributed by atoms with Gasteiger partial charge in [0.15, 0.2) is 0 Å². The number of rotatable bonds is 4. The number of anilines is 1. The largest absolute Gasteiger partial charge is 0.399 e. The van der Waals surface area contributed by atoms with Gasteiger partial charge in [0.1, 0.15) is 0 Å². The summed E-state index contributed by atoms with van der Waals surface area (Å²) in [7, 11) is -3.10. The number of hydrogen-bond acceptors (Lipinski definition) is 3. The van der Waals surface area contributed by atoms with Crippen LogP contribution in [0.25, 0.3) is 0 Å². The van der Waals surface area contributed by atoms with E-state index in [1.165, 1.54) is 5.56 Å². The second-order valence-electron chi connectivity index (χ2n) is 4.78. The normalized spacial score (nSPS) is 16.5. The van der Waals surface area contributed by atoms with Crippen LogP contribution in [-0.4, -0.2) is 25.0 Å². The topological polar surface area (TPSA) is 63.4 Å². The summed E-state index contributed by atoms with van der Waals surface area (Å²) in [6.07, 6.45) is 2.39. The lowest BCUT2D eigenvalue weighted by molar-refractivity contribution is 0.390. The van der Waals surface area contributed by atoms with Crippen LogP contribution in [0.4, 0.5) is 5.69 Å². The highest BCUT2D eigenvalue weighted by molar-refractivity contribution is 7.89. The van der Waals surface area contributed by atoms with Crippen molar-refractivity contribution in [2.45, 2.75) is 32.7 Å². The maximum absolute atomic E-state index is 12.1. The van der Waals surface area contributed by atoms with Gasteiger partial charge in [-0.2, -0.15) is 4.31 Å². The third-order valence-corrected chi connectivity index (χ3v) is 5.26.